The van der Waals surface area contributed by atoms with E-state index in [1.165, 1.54) is 0 Å². The van der Waals surface area contributed by atoms with Crippen LogP contribution in [0.15, 0.2) is 28.7 Å². The normalized spacial score (nSPS) is 21.2. The average Bonchev–Trinajstić information content (AvgIpc) is 2.63. The first-order chi connectivity index (χ1) is 10.3. The molecule has 2 rings (SSSR count). The topological polar surface area (TPSA) is 78.5 Å². The lowest BCUT2D eigenvalue weighted by Gasteiger charge is -2.23. The Morgan fingerprint density at radius 2 is 2.00 bits per heavy atom. The van der Waals surface area contributed by atoms with Crippen LogP contribution in [0.5, 0.6) is 0 Å². The molecule has 0 unspecified atom stereocenters. The molecule has 0 aromatic heterocycles. The highest BCUT2D eigenvalue weighted by atomic mass is 79.9. The fourth-order valence-corrected chi connectivity index (χ4v) is 3.08. The summed E-state index contributed by atoms with van der Waals surface area (Å²) in [6.07, 6.45) is 0. The Kier molecular flexibility index (Phi) is 4.55. The van der Waals surface area contributed by atoms with Crippen molar-refractivity contribution in [2.75, 3.05) is 6.54 Å². The van der Waals surface area contributed by atoms with Crippen molar-refractivity contribution < 1.29 is 14.4 Å². The summed E-state index contributed by atoms with van der Waals surface area (Å²) in [5.74, 6) is -0.807. The maximum Gasteiger partial charge on any atom is 0.325 e. The Hall–Kier alpha value is -1.89. The summed E-state index contributed by atoms with van der Waals surface area (Å²) in [7, 11) is 0. The van der Waals surface area contributed by atoms with Crippen molar-refractivity contribution in [3.05, 3.63) is 34.3 Å². The van der Waals surface area contributed by atoms with E-state index in [2.05, 4.69) is 26.6 Å². The van der Waals surface area contributed by atoms with E-state index >= 15 is 0 Å². The molecule has 1 aromatic carbocycles. The van der Waals surface area contributed by atoms with E-state index in [-0.39, 0.29) is 18.5 Å². The van der Waals surface area contributed by atoms with Gasteiger partial charge in [0, 0.05) is 16.1 Å². The first kappa shape index (κ1) is 16.5. The molecule has 22 heavy (non-hydrogen) atoms. The van der Waals surface area contributed by atoms with Crippen LogP contribution in [-0.4, -0.2) is 35.3 Å². The summed E-state index contributed by atoms with van der Waals surface area (Å²) in [5, 5.41) is 5.34. The monoisotopic (exact) mass is 367 g/mol. The summed E-state index contributed by atoms with van der Waals surface area (Å²) in [6.45, 7) is 4.97. The molecule has 118 valence electrons. The van der Waals surface area contributed by atoms with Crippen LogP contribution in [0.2, 0.25) is 0 Å². The fraction of sp³-hybridized carbons (Fsp3) is 0.400. The summed E-state index contributed by atoms with van der Waals surface area (Å²) >= 11 is 3.39. The van der Waals surface area contributed by atoms with Crippen LogP contribution in [0.25, 0.3) is 0 Å². The zero-order chi connectivity index (χ0) is 16.5. The van der Waals surface area contributed by atoms with Crippen LogP contribution >= 0.6 is 15.9 Å². The Morgan fingerprint density at radius 1 is 1.36 bits per heavy atom. The Bertz CT molecular complexity index is 632. The molecule has 1 fully saturated rings. The van der Waals surface area contributed by atoms with Crippen LogP contribution in [0.4, 0.5) is 4.79 Å². The first-order valence-corrected chi connectivity index (χ1v) is 7.73. The highest BCUT2D eigenvalue weighted by Crippen LogP contribution is 2.33. The second-order valence-electron chi connectivity index (χ2n) is 5.65. The van der Waals surface area contributed by atoms with Gasteiger partial charge >= 0.3 is 6.03 Å². The van der Waals surface area contributed by atoms with Crippen LogP contribution in [0.3, 0.4) is 0 Å². The summed E-state index contributed by atoms with van der Waals surface area (Å²) in [5.41, 5.74) is -0.532. The van der Waals surface area contributed by atoms with E-state index in [0.29, 0.717) is 5.56 Å². The highest BCUT2D eigenvalue weighted by molar-refractivity contribution is 9.10. The lowest BCUT2D eigenvalue weighted by molar-refractivity contribution is -0.135. The van der Waals surface area contributed by atoms with Crippen molar-refractivity contribution in [3.63, 3.8) is 0 Å². The van der Waals surface area contributed by atoms with Gasteiger partial charge in [0.05, 0.1) is 0 Å². The van der Waals surface area contributed by atoms with Gasteiger partial charge in [0.25, 0.3) is 5.91 Å². The number of amides is 4. The van der Waals surface area contributed by atoms with Gasteiger partial charge in [-0.2, -0.15) is 0 Å². The first-order valence-electron chi connectivity index (χ1n) is 6.94. The van der Waals surface area contributed by atoms with Gasteiger partial charge in [-0.1, -0.05) is 34.1 Å². The zero-order valence-electron chi connectivity index (χ0n) is 12.6. The SMILES string of the molecule is CC(C)NC(=O)CN1C(=O)N[C@@](C)(c2ccccc2Br)C1=O. The van der Waals surface area contributed by atoms with Gasteiger partial charge in [0.1, 0.15) is 12.1 Å². The number of urea groups is 1. The maximum absolute atomic E-state index is 12.7. The predicted octanol–water partition coefficient (Wildman–Crippen LogP) is 1.74. The Balaban J connectivity index is 2.25. The predicted molar refractivity (Wildman–Crippen MR) is 85.0 cm³/mol. The van der Waals surface area contributed by atoms with Crippen molar-refractivity contribution in [1.82, 2.24) is 15.5 Å². The van der Waals surface area contributed by atoms with Crippen LogP contribution in [0, 0.1) is 0 Å². The molecule has 0 aliphatic carbocycles. The summed E-state index contributed by atoms with van der Waals surface area (Å²) < 4.78 is 0.722. The quantitative estimate of drug-likeness (QED) is 0.795. The van der Waals surface area contributed by atoms with Crippen LogP contribution in [-0.2, 0) is 15.1 Å². The molecule has 1 aliphatic heterocycles. The number of carbonyl (C=O) groups excluding carboxylic acids is 3. The average molecular weight is 368 g/mol. The van der Waals surface area contributed by atoms with Crippen molar-refractivity contribution in [2.24, 2.45) is 0 Å². The van der Waals surface area contributed by atoms with Crippen molar-refractivity contribution in [3.8, 4) is 0 Å². The largest absolute Gasteiger partial charge is 0.352 e. The van der Waals surface area contributed by atoms with E-state index < -0.39 is 17.5 Å². The summed E-state index contributed by atoms with van der Waals surface area (Å²) in [6, 6.07) is 6.56. The second kappa shape index (κ2) is 6.08. The van der Waals surface area contributed by atoms with E-state index in [4.69, 9.17) is 0 Å². The van der Waals surface area contributed by atoms with Gasteiger partial charge in [-0.3, -0.25) is 14.5 Å². The molecular weight excluding hydrogens is 350 g/mol. The van der Waals surface area contributed by atoms with Gasteiger partial charge in [-0.15, -0.1) is 0 Å². The Labute approximate surface area is 137 Å². The lowest BCUT2D eigenvalue weighted by Crippen LogP contribution is -2.44. The van der Waals surface area contributed by atoms with Gasteiger partial charge < -0.3 is 10.6 Å². The van der Waals surface area contributed by atoms with Crippen LogP contribution in [0.1, 0.15) is 26.3 Å². The zero-order valence-corrected chi connectivity index (χ0v) is 14.2. The molecule has 0 radical (unpaired) electrons. The number of carbonyl (C=O) groups is 3. The number of nitrogens with zero attached hydrogens (tertiary/aromatic N) is 1. The molecule has 2 N–H and O–H groups in total. The fourth-order valence-electron chi connectivity index (χ4n) is 2.40. The molecule has 1 aromatic rings. The minimum Gasteiger partial charge on any atom is -0.352 e. The number of imide groups is 1. The standard InChI is InChI=1S/C15H18BrN3O3/c1-9(2)17-12(20)8-19-13(21)15(3,18-14(19)22)10-6-4-5-7-11(10)16/h4-7,9H,8H2,1-3H3,(H,17,20)(H,18,22)/t15-/m0/s1. The molecule has 6 nitrogen and oxygen atoms in total. The molecule has 7 heteroatoms. The minimum absolute atomic E-state index is 0.0529. The van der Waals surface area contributed by atoms with Gasteiger partial charge in [-0.05, 0) is 26.8 Å². The van der Waals surface area contributed by atoms with E-state index in [0.717, 1.165) is 9.37 Å². The number of halogens is 1. The van der Waals surface area contributed by atoms with E-state index in [1.807, 2.05) is 19.9 Å². The molecule has 0 spiro atoms. The van der Waals surface area contributed by atoms with Crippen molar-refractivity contribution >= 4 is 33.8 Å². The van der Waals surface area contributed by atoms with E-state index in [1.54, 1.807) is 25.1 Å². The maximum atomic E-state index is 12.7. The van der Waals surface area contributed by atoms with Gasteiger partial charge in [0.2, 0.25) is 5.91 Å². The second-order valence-corrected chi connectivity index (χ2v) is 6.50. The molecule has 0 saturated carbocycles. The number of hydrogen-bond donors (Lipinski definition) is 2. The highest BCUT2D eigenvalue weighted by Gasteiger charge is 2.50. The summed E-state index contributed by atoms with van der Waals surface area (Å²) in [4.78, 5) is 37.5. The van der Waals surface area contributed by atoms with Crippen molar-refractivity contribution in [2.45, 2.75) is 32.4 Å². The third-order valence-corrected chi connectivity index (χ3v) is 4.13. The molecule has 1 atom stereocenters. The molecule has 1 saturated heterocycles. The molecule has 1 heterocycles. The van der Waals surface area contributed by atoms with Crippen molar-refractivity contribution in [1.29, 1.82) is 0 Å². The lowest BCUT2D eigenvalue weighted by atomic mass is 9.92. The van der Waals surface area contributed by atoms with Gasteiger partial charge in [-0.25, -0.2) is 4.79 Å². The smallest absolute Gasteiger partial charge is 0.325 e. The van der Waals surface area contributed by atoms with Crippen LogP contribution < -0.4 is 10.6 Å². The third-order valence-electron chi connectivity index (χ3n) is 3.44. The van der Waals surface area contributed by atoms with Gasteiger partial charge in [0.15, 0.2) is 0 Å². The Morgan fingerprint density at radius 3 is 2.59 bits per heavy atom. The molecular formula is C15H18BrN3O3. The number of benzene rings is 1. The molecule has 4 amide bonds. The number of hydrogen-bond acceptors (Lipinski definition) is 3. The molecule has 0 bridgehead atoms. The number of nitrogens with one attached hydrogen (secondary N) is 2. The number of rotatable bonds is 4. The van der Waals surface area contributed by atoms with E-state index in [9.17, 15) is 14.4 Å². The molecule has 1 aliphatic rings. The minimum atomic E-state index is -1.19. The third kappa shape index (κ3) is 2.99.